The van der Waals surface area contributed by atoms with E-state index in [4.69, 9.17) is 0 Å². The van der Waals surface area contributed by atoms with Gasteiger partial charge in [0, 0.05) is 19.1 Å². The largest absolute Gasteiger partial charge is 0.392 e. The Morgan fingerprint density at radius 1 is 1.35 bits per heavy atom. The van der Waals surface area contributed by atoms with Gasteiger partial charge in [-0.15, -0.1) is 0 Å². The Morgan fingerprint density at radius 2 is 2.04 bits per heavy atom. The smallest absolute Gasteiger partial charge is 0.237 e. The molecule has 1 amide bonds. The standard InChI is InChI=1S/C18H29N3O2/c1-3-21(4-2)15(10-14-8-6-5-7-9-14)12-20-18(23)17-11-16(22)13-19-17/h5-9,15-17,19,22H,3-4,10-13H2,1-2H3,(H,20,23). The Bertz CT molecular complexity index is 476. The summed E-state index contributed by atoms with van der Waals surface area (Å²) < 4.78 is 0. The van der Waals surface area contributed by atoms with Crippen molar-refractivity contribution in [2.24, 2.45) is 0 Å². The minimum absolute atomic E-state index is 0.00762. The molecule has 1 aromatic carbocycles. The molecule has 0 saturated carbocycles. The van der Waals surface area contributed by atoms with E-state index in [0.29, 0.717) is 19.5 Å². The summed E-state index contributed by atoms with van der Waals surface area (Å²) in [7, 11) is 0. The zero-order valence-corrected chi connectivity index (χ0v) is 14.2. The normalized spacial score (nSPS) is 22.3. The highest BCUT2D eigenvalue weighted by Gasteiger charge is 2.28. The Morgan fingerprint density at radius 3 is 2.61 bits per heavy atom. The molecular formula is C18H29N3O2. The topological polar surface area (TPSA) is 64.6 Å². The lowest BCUT2D eigenvalue weighted by atomic mass is 10.0. The Hall–Kier alpha value is -1.43. The molecule has 1 fully saturated rings. The average molecular weight is 319 g/mol. The maximum absolute atomic E-state index is 12.2. The second-order valence-corrected chi connectivity index (χ2v) is 6.16. The zero-order chi connectivity index (χ0) is 16.7. The number of aliphatic hydroxyl groups is 1. The fourth-order valence-corrected chi connectivity index (χ4v) is 3.21. The Kier molecular flexibility index (Phi) is 7.02. The molecule has 0 spiro atoms. The lowest BCUT2D eigenvalue weighted by Gasteiger charge is -2.30. The summed E-state index contributed by atoms with van der Waals surface area (Å²) in [6.07, 6.45) is 1.01. The molecule has 1 saturated heterocycles. The molecule has 5 heteroatoms. The summed E-state index contributed by atoms with van der Waals surface area (Å²) >= 11 is 0. The fraction of sp³-hybridized carbons (Fsp3) is 0.611. The first-order valence-electron chi connectivity index (χ1n) is 8.61. The van der Waals surface area contributed by atoms with Crippen molar-refractivity contribution in [1.29, 1.82) is 0 Å². The third-order valence-corrected chi connectivity index (χ3v) is 4.58. The van der Waals surface area contributed by atoms with Crippen LogP contribution in [0.3, 0.4) is 0 Å². The summed E-state index contributed by atoms with van der Waals surface area (Å²) in [4.78, 5) is 14.6. The van der Waals surface area contributed by atoms with Crippen LogP contribution >= 0.6 is 0 Å². The maximum atomic E-state index is 12.2. The molecule has 5 nitrogen and oxygen atoms in total. The van der Waals surface area contributed by atoms with Crippen LogP contribution < -0.4 is 10.6 Å². The van der Waals surface area contributed by atoms with Crippen molar-refractivity contribution in [3.05, 3.63) is 35.9 Å². The highest BCUT2D eigenvalue weighted by atomic mass is 16.3. The van der Waals surface area contributed by atoms with Gasteiger partial charge in [0.2, 0.25) is 5.91 Å². The summed E-state index contributed by atoms with van der Waals surface area (Å²) in [5, 5.41) is 15.7. The lowest BCUT2D eigenvalue weighted by molar-refractivity contribution is -0.123. The van der Waals surface area contributed by atoms with Crippen LogP contribution in [0.4, 0.5) is 0 Å². The van der Waals surface area contributed by atoms with Crippen molar-refractivity contribution >= 4 is 5.91 Å². The van der Waals surface area contributed by atoms with Crippen LogP contribution in [0.5, 0.6) is 0 Å². The van der Waals surface area contributed by atoms with Crippen molar-refractivity contribution < 1.29 is 9.90 Å². The minimum Gasteiger partial charge on any atom is -0.392 e. The van der Waals surface area contributed by atoms with E-state index in [-0.39, 0.29) is 18.0 Å². The molecule has 0 aromatic heterocycles. The molecule has 1 aliphatic rings. The Balaban J connectivity index is 1.93. The van der Waals surface area contributed by atoms with Crippen LogP contribution in [0, 0.1) is 0 Å². The maximum Gasteiger partial charge on any atom is 0.237 e. The van der Waals surface area contributed by atoms with Crippen LogP contribution in [-0.2, 0) is 11.2 Å². The highest BCUT2D eigenvalue weighted by molar-refractivity contribution is 5.82. The van der Waals surface area contributed by atoms with Crippen molar-refractivity contribution in [3.63, 3.8) is 0 Å². The number of carbonyl (C=O) groups is 1. The van der Waals surface area contributed by atoms with Gasteiger partial charge in [-0.25, -0.2) is 0 Å². The number of nitrogens with one attached hydrogen (secondary N) is 2. The van der Waals surface area contributed by atoms with E-state index in [9.17, 15) is 9.90 Å². The molecule has 2 rings (SSSR count). The molecule has 1 aliphatic heterocycles. The van der Waals surface area contributed by atoms with E-state index < -0.39 is 6.10 Å². The van der Waals surface area contributed by atoms with Gasteiger partial charge in [0.25, 0.3) is 0 Å². The monoisotopic (exact) mass is 319 g/mol. The molecule has 3 atom stereocenters. The van der Waals surface area contributed by atoms with Gasteiger partial charge in [-0.2, -0.15) is 0 Å². The van der Waals surface area contributed by atoms with Gasteiger partial charge in [0.15, 0.2) is 0 Å². The van der Waals surface area contributed by atoms with Crippen molar-refractivity contribution in [2.75, 3.05) is 26.2 Å². The second-order valence-electron chi connectivity index (χ2n) is 6.16. The van der Waals surface area contributed by atoms with Gasteiger partial charge >= 0.3 is 0 Å². The van der Waals surface area contributed by atoms with Crippen molar-refractivity contribution in [1.82, 2.24) is 15.5 Å². The van der Waals surface area contributed by atoms with Crippen molar-refractivity contribution in [2.45, 2.75) is 44.9 Å². The number of likely N-dealkylation sites (N-methyl/N-ethyl adjacent to an activating group) is 1. The second kappa shape index (κ2) is 9.01. The molecule has 0 radical (unpaired) electrons. The number of β-amino-alcohol motifs (C(OH)–C–C–N with tert-alkyl or cyclic N) is 1. The Labute approximate surface area is 139 Å². The number of aliphatic hydroxyl groups excluding tert-OH is 1. The number of rotatable bonds is 8. The van der Waals surface area contributed by atoms with E-state index in [1.165, 1.54) is 5.56 Å². The number of hydrogen-bond donors (Lipinski definition) is 3. The third-order valence-electron chi connectivity index (χ3n) is 4.58. The average Bonchev–Trinajstić information content (AvgIpc) is 3.00. The first-order chi connectivity index (χ1) is 11.1. The number of carbonyl (C=O) groups excluding carboxylic acids is 1. The van der Waals surface area contributed by atoms with Gasteiger partial charge in [0.1, 0.15) is 0 Å². The zero-order valence-electron chi connectivity index (χ0n) is 14.2. The van der Waals surface area contributed by atoms with Crippen LogP contribution in [0.2, 0.25) is 0 Å². The number of amides is 1. The van der Waals surface area contributed by atoms with Crippen molar-refractivity contribution in [3.8, 4) is 0 Å². The molecule has 0 bridgehead atoms. The van der Waals surface area contributed by atoms with E-state index in [0.717, 1.165) is 19.5 Å². The molecule has 3 unspecified atom stereocenters. The quantitative estimate of drug-likeness (QED) is 0.662. The summed E-state index contributed by atoms with van der Waals surface area (Å²) in [6.45, 7) is 7.36. The van der Waals surface area contributed by atoms with E-state index in [1.54, 1.807) is 0 Å². The van der Waals surface area contributed by atoms with Gasteiger partial charge in [-0.1, -0.05) is 44.2 Å². The van der Waals surface area contributed by atoms with Crippen LogP contribution in [0.1, 0.15) is 25.8 Å². The van der Waals surface area contributed by atoms with Crippen LogP contribution in [0.15, 0.2) is 30.3 Å². The van der Waals surface area contributed by atoms with Gasteiger partial charge in [-0.3, -0.25) is 9.69 Å². The summed E-state index contributed by atoms with van der Waals surface area (Å²) in [5.41, 5.74) is 1.29. The molecule has 23 heavy (non-hydrogen) atoms. The number of benzene rings is 1. The fourth-order valence-electron chi connectivity index (χ4n) is 3.21. The van der Waals surface area contributed by atoms with Gasteiger partial charge < -0.3 is 15.7 Å². The summed E-state index contributed by atoms with van der Waals surface area (Å²) in [5.74, 6) is -0.00762. The lowest BCUT2D eigenvalue weighted by Crippen LogP contribution is -2.48. The summed E-state index contributed by atoms with van der Waals surface area (Å²) in [6, 6.07) is 10.4. The number of nitrogens with zero attached hydrogens (tertiary/aromatic N) is 1. The SMILES string of the molecule is CCN(CC)C(CNC(=O)C1CC(O)CN1)Cc1ccccc1. The molecule has 0 aliphatic carbocycles. The highest BCUT2D eigenvalue weighted by Crippen LogP contribution is 2.10. The molecule has 1 aromatic rings. The van der Waals surface area contributed by atoms with Gasteiger partial charge in [0.05, 0.1) is 12.1 Å². The third kappa shape index (κ3) is 5.30. The minimum atomic E-state index is -0.409. The molecular weight excluding hydrogens is 290 g/mol. The first-order valence-corrected chi connectivity index (χ1v) is 8.61. The van der Waals surface area contributed by atoms with E-state index in [2.05, 4.69) is 53.6 Å². The van der Waals surface area contributed by atoms with Crippen LogP contribution in [0.25, 0.3) is 0 Å². The van der Waals surface area contributed by atoms with Gasteiger partial charge in [-0.05, 0) is 31.5 Å². The predicted octanol–water partition coefficient (Wildman–Crippen LogP) is 0.779. The molecule has 1 heterocycles. The predicted molar refractivity (Wildman–Crippen MR) is 92.3 cm³/mol. The number of hydrogen-bond acceptors (Lipinski definition) is 4. The first kappa shape index (κ1) is 17.9. The van der Waals surface area contributed by atoms with Crippen LogP contribution in [-0.4, -0.2) is 60.3 Å². The molecule has 3 N–H and O–H groups in total. The van der Waals surface area contributed by atoms with E-state index >= 15 is 0 Å². The molecule has 128 valence electrons. The van der Waals surface area contributed by atoms with E-state index in [1.807, 2.05) is 6.07 Å².